The number of hydrazone groups is 1. The van der Waals surface area contributed by atoms with Gasteiger partial charge in [-0.05, 0) is 36.5 Å². The quantitative estimate of drug-likeness (QED) is 0.612. The lowest BCUT2D eigenvalue weighted by atomic mass is 10.0. The minimum Gasteiger partial charge on any atom is -0.484 e. The summed E-state index contributed by atoms with van der Waals surface area (Å²) in [5, 5.41) is 4.05. The summed E-state index contributed by atoms with van der Waals surface area (Å²) in [5.41, 5.74) is 4.73. The van der Waals surface area contributed by atoms with E-state index in [2.05, 4.69) is 24.4 Å². The Morgan fingerprint density at radius 2 is 1.80 bits per heavy atom. The van der Waals surface area contributed by atoms with E-state index in [0.29, 0.717) is 11.7 Å². The average molecular weight is 276 g/mol. The van der Waals surface area contributed by atoms with Crippen LogP contribution < -0.4 is 10.2 Å². The lowest BCUT2D eigenvalue weighted by Crippen LogP contribution is -2.25. The Morgan fingerprint density at radius 3 is 2.30 bits per heavy atom. The number of hydrogen-bond acceptors (Lipinski definition) is 3. The first kappa shape index (κ1) is 16.2. The summed E-state index contributed by atoms with van der Waals surface area (Å²) >= 11 is 0. The van der Waals surface area contributed by atoms with Gasteiger partial charge in [0, 0.05) is 5.71 Å². The van der Waals surface area contributed by atoms with Crippen molar-refractivity contribution in [2.75, 3.05) is 6.61 Å². The van der Waals surface area contributed by atoms with Gasteiger partial charge in [-0.25, -0.2) is 5.43 Å². The molecule has 0 atom stereocenters. The highest BCUT2D eigenvalue weighted by Gasteiger charge is 2.03. The summed E-state index contributed by atoms with van der Waals surface area (Å²) in [6.45, 7) is 8.29. The molecule has 1 rings (SSSR count). The van der Waals surface area contributed by atoms with E-state index in [-0.39, 0.29) is 12.5 Å². The van der Waals surface area contributed by atoms with Crippen LogP contribution in [0.15, 0.2) is 29.4 Å². The minimum absolute atomic E-state index is 0.0226. The first-order valence-electron chi connectivity index (χ1n) is 7.13. The molecule has 1 amide bonds. The molecule has 20 heavy (non-hydrogen) atoms. The van der Waals surface area contributed by atoms with Crippen LogP contribution in [0.2, 0.25) is 0 Å². The fourth-order valence-electron chi connectivity index (χ4n) is 1.68. The smallest absolute Gasteiger partial charge is 0.277 e. The van der Waals surface area contributed by atoms with Crippen LogP contribution in [0.5, 0.6) is 5.75 Å². The van der Waals surface area contributed by atoms with Gasteiger partial charge in [-0.1, -0.05) is 39.8 Å². The van der Waals surface area contributed by atoms with Crippen molar-refractivity contribution in [2.24, 2.45) is 5.10 Å². The van der Waals surface area contributed by atoms with Gasteiger partial charge >= 0.3 is 0 Å². The molecule has 0 aliphatic rings. The summed E-state index contributed by atoms with van der Waals surface area (Å²) in [6.07, 6.45) is 1.68. The molecule has 0 saturated carbocycles. The van der Waals surface area contributed by atoms with E-state index >= 15 is 0 Å². The van der Waals surface area contributed by atoms with Gasteiger partial charge in [0.1, 0.15) is 5.75 Å². The lowest BCUT2D eigenvalue weighted by molar-refractivity contribution is -0.123. The van der Waals surface area contributed by atoms with E-state index in [9.17, 15) is 4.79 Å². The fraction of sp³-hybridized carbons (Fsp3) is 0.500. The molecule has 1 N–H and O–H groups in total. The van der Waals surface area contributed by atoms with Crippen molar-refractivity contribution in [1.82, 2.24) is 5.43 Å². The number of ether oxygens (including phenoxy) is 1. The zero-order chi connectivity index (χ0) is 15.0. The number of carbonyl (C=O) groups excluding carboxylic acids is 1. The van der Waals surface area contributed by atoms with Crippen molar-refractivity contribution in [2.45, 2.75) is 46.5 Å². The summed E-state index contributed by atoms with van der Waals surface area (Å²) in [6, 6.07) is 7.80. The standard InChI is InChI=1S/C16H24N2O2/c1-5-14(6-2)17-18-16(19)11-20-15-9-7-13(8-10-15)12(3)4/h7-10,12H,5-6,11H2,1-4H3,(H,18,19). The Morgan fingerprint density at radius 1 is 1.20 bits per heavy atom. The van der Waals surface area contributed by atoms with E-state index in [1.807, 2.05) is 38.1 Å². The van der Waals surface area contributed by atoms with Crippen LogP contribution >= 0.6 is 0 Å². The Kier molecular flexibility index (Phi) is 6.77. The molecule has 4 heteroatoms. The highest BCUT2D eigenvalue weighted by Crippen LogP contribution is 2.18. The van der Waals surface area contributed by atoms with Gasteiger partial charge in [0.25, 0.3) is 5.91 Å². The zero-order valence-corrected chi connectivity index (χ0v) is 12.8. The van der Waals surface area contributed by atoms with E-state index in [1.54, 1.807) is 0 Å². The minimum atomic E-state index is -0.239. The monoisotopic (exact) mass is 276 g/mol. The molecule has 0 radical (unpaired) electrons. The normalized spacial score (nSPS) is 10.2. The number of nitrogens with zero attached hydrogens (tertiary/aromatic N) is 1. The van der Waals surface area contributed by atoms with Gasteiger partial charge in [-0.2, -0.15) is 5.10 Å². The highest BCUT2D eigenvalue weighted by molar-refractivity contribution is 5.86. The molecule has 0 spiro atoms. The predicted molar refractivity (Wildman–Crippen MR) is 82.2 cm³/mol. The molecule has 0 aliphatic heterocycles. The Hall–Kier alpha value is -1.84. The van der Waals surface area contributed by atoms with Gasteiger partial charge in [0.05, 0.1) is 0 Å². The van der Waals surface area contributed by atoms with Crippen molar-refractivity contribution < 1.29 is 9.53 Å². The number of benzene rings is 1. The Labute approximate surface area is 121 Å². The first-order valence-corrected chi connectivity index (χ1v) is 7.13. The average Bonchev–Trinajstić information content (AvgIpc) is 2.46. The number of rotatable bonds is 7. The van der Waals surface area contributed by atoms with Crippen LogP contribution in [0.4, 0.5) is 0 Å². The van der Waals surface area contributed by atoms with Gasteiger partial charge < -0.3 is 4.74 Å². The molecule has 4 nitrogen and oxygen atoms in total. The van der Waals surface area contributed by atoms with Crippen molar-refractivity contribution in [1.29, 1.82) is 0 Å². The molecule has 0 aliphatic carbocycles. The summed E-state index contributed by atoms with van der Waals surface area (Å²) in [4.78, 5) is 11.6. The van der Waals surface area contributed by atoms with Crippen molar-refractivity contribution in [3.63, 3.8) is 0 Å². The van der Waals surface area contributed by atoms with E-state index in [0.717, 1.165) is 18.6 Å². The SMILES string of the molecule is CCC(CC)=NNC(=O)COc1ccc(C(C)C)cc1. The van der Waals surface area contributed by atoms with Crippen molar-refractivity contribution in [3.05, 3.63) is 29.8 Å². The van der Waals surface area contributed by atoms with Crippen molar-refractivity contribution >= 4 is 11.6 Å². The zero-order valence-electron chi connectivity index (χ0n) is 12.8. The summed E-state index contributed by atoms with van der Waals surface area (Å²) in [7, 11) is 0. The molecular weight excluding hydrogens is 252 g/mol. The van der Waals surface area contributed by atoms with Crippen LogP contribution in [0.1, 0.15) is 52.0 Å². The van der Waals surface area contributed by atoms with Gasteiger partial charge in [-0.15, -0.1) is 0 Å². The van der Waals surface area contributed by atoms with Crippen molar-refractivity contribution in [3.8, 4) is 5.75 Å². The Bertz CT molecular complexity index is 444. The number of hydrogen-bond donors (Lipinski definition) is 1. The Balaban J connectivity index is 2.43. The lowest BCUT2D eigenvalue weighted by Gasteiger charge is -2.08. The van der Waals surface area contributed by atoms with Crippen LogP contribution in [-0.4, -0.2) is 18.2 Å². The highest BCUT2D eigenvalue weighted by atomic mass is 16.5. The third kappa shape index (κ3) is 5.43. The van der Waals surface area contributed by atoms with Gasteiger partial charge in [0.2, 0.25) is 0 Å². The first-order chi connectivity index (χ1) is 9.56. The molecule has 1 aromatic carbocycles. The topological polar surface area (TPSA) is 50.7 Å². The third-order valence-electron chi connectivity index (χ3n) is 3.07. The van der Waals surface area contributed by atoms with Crippen LogP contribution in [0, 0.1) is 0 Å². The fourth-order valence-corrected chi connectivity index (χ4v) is 1.68. The largest absolute Gasteiger partial charge is 0.484 e. The van der Waals surface area contributed by atoms with Gasteiger partial charge in [0.15, 0.2) is 6.61 Å². The molecule has 110 valence electrons. The molecule has 0 bridgehead atoms. The number of amides is 1. The van der Waals surface area contributed by atoms with Crippen LogP contribution in [-0.2, 0) is 4.79 Å². The van der Waals surface area contributed by atoms with E-state index in [4.69, 9.17) is 4.74 Å². The molecule has 0 heterocycles. The van der Waals surface area contributed by atoms with E-state index in [1.165, 1.54) is 5.56 Å². The molecular formula is C16H24N2O2. The van der Waals surface area contributed by atoms with E-state index < -0.39 is 0 Å². The molecule has 0 unspecified atom stereocenters. The number of nitrogens with one attached hydrogen (secondary N) is 1. The maximum Gasteiger partial charge on any atom is 0.277 e. The third-order valence-corrected chi connectivity index (χ3v) is 3.07. The molecule has 0 fully saturated rings. The van der Waals surface area contributed by atoms with Gasteiger partial charge in [-0.3, -0.25) is 4.79 Å². The second-order valence-electron chi connectivity index (χ2n) is 4.93. The number of carbonyl (C=O) groups is 1. The van der Waals surface area contributed by atoms with Crippen LogP contribution in [0.25, 0.3) is 0 Å². The van der Waals surface area contributed by atoms with Crippen LogP contribution in [0.3, 0.4) is 0 Å². The second kappa shape index (κ2) is 8.35. The maximum atomic E-state index is 11.6. The summed E-state index contributed by atoms with van der Waals surface area (Å²) in [5.74, 6) is 0.945. The predicted octanol–water partition coefficient (Wildman–Crippen LogP) is 3.48. The second-order valence-corrected chi connectivity index (χ2v) is 4.93. The maximum absolute atomic E-state index is 11.6. The molecule has 1 aromatic rings. The molecule has 0 saturated heterocycles. The molecule has 0 aromatic heterocycles. The summed E-state index contributed by atoms with van der Waals surface area (Å²) < 4.78 is 5.42.